The van der Waals surface area contributed by atoms with Crippen molar-refractivity contribution in [3.05, 3.63) is 40.7 Å². The fourth-order valence-corrected chi connectivity index (χ4v) is 2.06. The smallest absolute Gasteiger partial charge is 0.226 e. The van der Waals surface area contributed by atoms with Gasteiger partial charge in [0, 0.05) is 30.8 Å². The minimum atomic E-state index is 0.592. The number of nitrogens with zero attached hydrogens (tertiary/aromatic N) is 1. The molecule has 0 atom stereocenters. The lowest BCUT2D eigenvalue weighted by atomic mass is 10.1. The van der Waals surface area contributed by atoms with E-state index in [-0.39, 0.29) is 0 Å². The zero-order chi connectivity index (χ0) is 13.7. The lowest BCUT2D eigenvalue weighted by molar-refractivity contribution is 0.199. The molecule has 5 heteroatoms. The first-order valence-corrected chi connectivity index (χ1v) is 6.48. The van der Waals surface area contributed by atoms with Crippen LogP contribution in [0.2, 0.25) is 5.02 Å². The van der Waals surface area contributed by atoms with Crippen molar-refractivity contribution in [1.29, 1.82) is 0 Å². The first-order valence-electron chi connectivity index (χ1n) is 6.10. The van der Waals surface area contributed by atoms with Gasteiger partial charge in [-0.2, -0.15) is 0 Å². The molecule has 4 nitrogen and oxygen atoms in total. The third kappa shape index (κ3) is 4.06. The van der Waals surface area contributed by atoms with E-state index < -0.39 is 0 Å². The van der Waals surface area contributed by atoms with E-state index >= 15 is 0 Å². The number of methoxy groups -OCH3 is 1. The Morgan fingerprint density at radius 1 is 1.37 bits per heavy atom. The van der Waals surface area contributed by atoms with Crippen LogP contribution in [0.1, 0.15) is 11.3 Å². The minimum absolute atomic E-state index is 0.592. The third-order valence-electron chi connectivity index (χ3n) is 2.63. The van der Waals surface area contributed by atoms with Crippen LogP contribution >= 0.6 is 11.6 Å². The van der Waals surface area contributed by atoms with Gasteiger partial charge >= 0.3 is 0 Å². The molecule has 0 aliphatic heterocycles. The van der Waals surface area contributed by atoms with Crippen LogP contribution in [0, 0.1) is 6.92 Å². The fraction of sp³-hybridized carbons (Fsp3) is 0.357. The highest BCUT2D eigenvalue weighted by Crippen LogP contribution is 2.24. The van der Waals surface area contributed by atoms with Crippen LogP contribution in [0.5, 0.6) is 0 Å². The van der Waals surface area contributed by atoms with Gasteiger partial charge in [0.15, 0.2) is 0 Å². The van der Waals surface area contributed by atoms with Crippen LogP contribution in [0.3, 0.4) is 0 Å². The molecule has 1 heterocycles. The molecule has 0 aliphatic carbocycles. The number of hydrogen-bond acceptors (Lipinski definition) is 4. The van der Waals surface area contributed by atoms with E-state index in [9.17, 15) is 0 Å². The Kier molecular flexibility index (Phi) is 4.96. The van der Waals surface area contributed by atoms with Crippen LogP contribution in [0.4, 0.5) is 0 Å². The molecule has 19 heavy (non-hydrogen) atoms. The van der Waals surface area contributed by atoms with E-state index in [1.807, 2.05) is 25.1 Å². The maximum Gasteiger partial charge on any atom is 0.226 e. The maximum atomic E-state index is 6.03. The van der Waals surface area contributed by atoms with Gasteiger partial charge in [0.1, 0.15) is 6.26 Å². The summed E-state index contributed by atoms with van der Waals surface area (Å²) in [5.74, 6) is 0.592. The molecule has 0 fully saturated rings. The largest absolute Gasteiger partial charge is 0.444 e. The van der Waals surface area contributed by atoms with Crippen LogP contribution in [0.25, 0.3) is 11.5 Å². The molecule has 1 aromatic carbocycles. The maximum absolute atomic E-state index is 6.03. The molecular weight excluding hydrogens is 264 g/mol. The quantitative estimate of drug-likeness (QED) is 0.826. The predicted molar refractivity (Wildman–Crippen MR) is 75.3 cm³/mol. The SMILES string of the molecule is COCCNCc1coc(-c2cc(C)cc(Cl)c2)n1. The Hall–Kier alpha value is -1.36. The third-order valence-corrected chi connectivity index (χ3v) is 2.85. The fourth-order valence-electron chi connectivity index (χ4n) is 1.77. The number of nitrogens with one attached hydrogen (secondary N) is 1. The minimum Gasteiger partial charge on any atom is -0.444 e. The van der Waals surface area contributed by atoms with Gasteiger partial charge in [0.25, 0.3) is 0 Å². The van der Waals surface area contributed by atoms with Gasteiger partial charge in [-0.15, -0.1) is 0 Å². The van der Waals surface area contributed by atoms with Gasteiger partial charge in [-0.1, -0.05) is 11.6 Å². The number of halogens is 1. The molecular formula is C14H17ClN2O2. The van der Waals surface area contributed by atoms with Crippen molar-refractivity contribution in [2.45, 2.75) is 13.5 Å². The summed E-state index contributed by atoms with van der Waals surface area (Å²) in [6, 6.07) is 5.75. The van der Waals surface area contributed by atoms with E-state index in [0.29, 0.717) is 24.1 Å². The monoisotopic (exact) mass is 280 g/mol. The van der Waals surface area contributed by atoms with Gasteiger partial charge in [-0.25, -0.2) is 4.98 Å². The van der Waals surface area contributed by atoms with E-state index in [2.05, 4.69) is 10.3 Å². The number of aryl methyl sites for hydroxylation is 1. The number of oxazole rings is 1. The Labute approximate surface area is 117 Å². The van der Waals surface area contributed by atoms with E-state index in [0.717, 1.165) is 23.4 Å². The normalized spacial score (nSPS) is 10.9. The number of hydrogen-bond donors (Lipinski definition) is 1. The first-order chi connectivity index (χ1) is 9.19. The Morgan fingerprint density at radius 3 is 2.95 bits per heavy atom. The van der Waals surface area contributed by atoms with Crippen molar-refractivity contribution in [1.82, 2.24) is 10.3 Å². The second kappa shape index (κ2) is 6.70. The van der Waals surface area contributed by atoms with Crippen LogP contribution in [0.15, 0.2) is 28.9 Å². The lowest BCUT2D eigenvalue weighted by Gasteiger charge is -2.00. The van der Waals surface area contributed by atoms with Gasteiger partial charge in [0.2, 0.25) is 5.89 Å². The van der Waals surface area contributed by atoms with E-state index in [1.54, 1.807) is 13.4 Å². The second-order valence-corrected chi connectivity index (χ2v) is 4.77. The molecule has 2 aromatic rings. The summed E-state index contributed by atoms with van der Waals surface area (Å²) in [4.78, 5) is 4.43. The predicted octanol–water partition coefficient (Wildman–Crippen LogP) is 3.04. The average Bonchev–Trinajstić information content (AvgIpc) is 2.82. The van der Waals surface area contributed by atoms with Crippen molar-refractivity contribution in [3.63, 3.8) is 0 Å². The van der Waals surface area contributed by atoms with Crippen molar-refractivity contribution < 1.29 is 9.15 Å². The summed E-state index contributed by atoms with van der Waals surface area (Å²) in [7, 11) is 1.68. The van der Waals surface area contributed by atoms with Crippen molar-refractivity contribution in [2.24, 2.45) is 0 Å². The summed E-state index contributed by atoms with van der Waals surface area (Å²) >= 11 is 6.03. The molecule has 102 valence electrons. The highest BCUT2D eigenvalue weighted by atomic mass is 35.5. The molecule has 0 bridgehead atoms. The van der Waals surface area contributed by atoms with E-state index in [1.165, 1.54) is 0 Å². The molecule has 0 spiro atoms. The van der Waals surface area contributed by atoms with Crippen molar-refractivity contribution >= 4 is 11.6 Å². The Balaban J connectivity index is 2.03. The standard InChI is InChI=1S/C14H17ClN2O2/c1-10-5-11(7-12(15)6-10)14-17-13(9-19-14)8-16-3-4-18-2/h5-7,9,16H,3-4,8H2,1-2H3. The molecule has 0 saturated heterocycles. The molecule has 0 amide bonds. The van der Waals surface area contributed by atoms with Gasteiger partial charge < -0.3 is 14.5 Å². The van der Waals surface area contributed by atoms with Gasteiger partial charge in [0.05, 0.1) is 12.3 Å². The zero-order valence-corrected chi connectivity index (χ0v) is 11.8. The molecule has 1 N–H and O–H groups in total. The van der Waals surface area contributed by atoms with Crippen LogP contribution < -0.4 is 5.32 Å². The lowest BCUT2D eigenvalue weighted by Crippen LogP contribution is -2.18. The highest BCUT2D eigenvalue weighted by Gasteiger charge is 2.07. The van der Waals surface area contributed by atoms with Gasteiger partial charge in [-0.05, 0) is 30.7 Å². The average molecular weight is 281 g/mol. The molecule has 1 aromatic heterocycles. The first kappa shape index (κ1) is 14.1. The summed E-state index contributed by atoms with van der Waals surface area (Å²) < 4.78 is 10.4. The molecule has 0 radical (unpaired) electrons. The molecule has 0 saturated carbocycles. The molecule has 2 rings (SSSR count). The Bertz CT molecular complexity index is 520. The summed E-state index contributed by atoms with van der Waals surface area (Å²) in [5, 5.41) is 3.90. The summed E-state index contributed by atoms with van der Waals surface area (Å²) in [6.45, 7) is 4.12. The number of benzene rings is 1. The Morgan fingerprint density at radius 2 is 2.21 bits per heavy atom. The second-order valence-electron chi connectivity index (χ2n) is 4.33. The van der Waals surface area contributed by atoms with Gasteiger partial charge in [-0.3, -0.25) is 0 Å². The zero-order valence-electron chi connectivity index (χ0n) is 11.1. The van der Waals surface area contributed by atoms with Crippen LogP contribution in [-0.4, -0.2) is 25.2 Å². The number of rotatable bonds is 6. The molecule has 0 aliphatic rings. The summed E-state index contributed by atoms with van der Waals surface area (Å²) in [6.07, 6.45) is 1.66. The highest BCUT2D eigenvalue weighted by molar-refractivity contribution is 6.30. The number of aromatic nitrogens is 1. The van der Waals surface area contributed by atoms with Crippen molar-refractivity contribution in [3.8, 4) is 11.5 Å². The van der Waals surface area contributed by atoms with E-state index in [4.69, 9.17) is 20.8 Å². The topological polar surface area (TPSA) is 47.3 Å². The summed E-state index contributed by atoms with van der Waals surface area (Å²) in [5.41, 5.74) is 2.84. The van der Waals surface area contributed by atoms with Crippen molar-refractivity contribution in [2.75, 3.05) is 20.3 Å². The van der Waals surface area contributed by atoms with Crippen LogP contribution in [-0.2, 0) is 11.3 Å². The molecule has 0 unspecified atom stereocenters. The number of ether oxygens (including phenoxy) is 1.